The number of phenolic OH excluding ortho intramolecular Hbond substituents is 1. The zero-order valence-electron chi connectivity index (χ0n) is 20.0. The molecular weight excluding hydrogens is 492 g/mol. The van der Waals surface area contributed by atoms with Crippen molar-refractivity contribution in [3.63, 3.8) is 0 Å². The summed E-state index contributed by atoms with van der Waals surface area (Å²) in [6.45, 7) is 4.73. The number of fused-ring (bicyclic) bond motifs is 2. The topological polar surface area (TPSA) is 109 Å². The largest absolute Gasteiger partial charge is 0.508 e. The highest BCUT2D eigenvalue weighted by molar-refractivity contribution is 7.22. The molecule has 0 spiro atoms. The number of amides is 1. The average molecular weight is 515 g/mol. The molecule has 0 saturated carbocycles. The molecule has 6 rings (SSSR count). The number of nitrogens with zero attached hydrogens (tertiary/aromatic N) is 2. The van der Waals surface area contributed by atoms with E-state index in [1.165, 1.54) is 28.4 Å². The summed E-state index contributed by atoms with van der Waals surface area (Å²) in [5.74, 6) is -0.910. The summed E-state index contributed by atoms with van der Waals surface area (Å²) in [6, 6.07) is 14.1. The Bertz CT molecular complexity index is 1620. The van der Waals surface area contributed by atoms with Crippen LogP contribution in [0.25, 0.3) is 16.0 Å². The molecule has 2 aliphatic heterocycles. The maximum absolute atomic E-state index is 13.5. The second-order valence-electron chi connectivity index (χ2n) is 9.04. The first-order valence-corrected chi connectivity index (χ1v) is 12.5. The van der Waals surface area contributed by atoms with E-state index in [0.717, 1.165) is 21.3 Å². The van der Waals surface area contributed by atoms with Gasteiger partial charge in [-0.15, -0.1) is 0 Å². The molecule has 1 atom stereocenters. The lowest BCUT2D eigenvalue weighted by molar-refractivity contribution is -0.132. The number of aliphatic hydroxyl groups excluding tert-OH is 1. The summed E-state index contributed by atoms with van der Waals surface area (Å²) in [5.41, 5.74) is 3.58. The summed E-state index contributed by atoms with van der Waals surface area (Å²) < 4.78 is 12.1. The number of hydrogen-bond donors (Lipinski definition) is 2. The first kappa shape index (κ1) is 23.1. The number of hydrogen-bond acceptors (Lipinski definition) is 8. The van der Waals surface area contributed by atoms with Crippen LogP contribution < -0.4 is 14.4 Å². The minimum absolute atomic E-state index is 0.0404. The first-order valence-electron chi connectivity index (χ1n) is 11.7. The van der Waals surface area contributed by atoms with Crippen molar-refractivity contribution in [2.24, 2.45) is 0 Å². The van der Waals surface area contributed by atoms with Gasteiger partial charge in [0.25, 0.3) is 5.78 Å². The van der Waals surface area contributed by atoms with Crippen molar-refractivity contribution in [1.29, 1.82) is 0 Å². The molecule has 0 aliphatic carbocycles. The van der Waals surface area contributed by atoms with Crippen LogP contribution in [-0.2, 0) is 9.59 Å². The second-order valence-corrected chi connectivity index (χ2v) is 10.1. The van der Waals surface area contributed by atoms with Crippen molar-refractivity contribution in [2.45, 2.75) is 19.9 Å². The molecule has 0 radical (unpaired) electrons. The summed E-state index contributed by atoms with van der Waals surface area (Å²) >= 11 is 1.31. The van der Waals surface area contributed by atoms with E-state index in [-0.39, 0.29) is 17.1 Å². The van der Waals surface area contributed by atoms with Crippen molar-refractivity contribution in [3.8, 4) is 17.2 Å². The molecule has 8 nitrogen and oxygen atoms in total. The van der Waals surface area contributed by atoms with Gasteiger partial charge in [0.2, 0.25) is 0 Å². The number of aliphatic hydroxyl groups is 1. The number of aromatic hydroxyl groups is 1. The van der Waals surface area contributed by atoms with Crippen LogP contribution in [0, 0.1) is 13.8 Å². The molecule has 3 aromatic carbocycles. The third-order valence-corrected chi connectivity index (χ3v) is 7.50. The molecule has 4 aromatic rings. The van der Waals surface area contributed by atoms with Crippen molar-refractivity contribution in [3.05, 3.63) is 82.4 Å². The Kier molecular flexibility index (Phi) is 5.38. The van der Waals surface area contributed by atoms with E-state index in [9.17, 15) is 19.8 Å². The third-order valence-electron chi connectivity index (χ3n) is 6.49. The van der Waals surface area contributed by atoms with Crippen molar-refractivity contribution in [2.75, 3.05) is 18.1 Å². The number of Topliss-reactive ketones (excluding diaryl/α,β-unsaturated/α-hetero) is 1. The molecular formula is C28H22N2O6S. The molecule has 186 valence electrons. The van der Waals surface area contributed by atoms with Crippen LogP contribution in [0.1, 0.15) is 28.3 Å². The predicted octanol–water partition coefficient (Wildman–Crippen LogP) is 5.02. The molecule has 1 saturated heterocycles. The summed E-state index contributed by atoms with van der Waals surface area (Å²) in [6.07, 6.45) is 0. The van der Waals surface area contributed by atoms with Gasteiger partial charge in [0.05, 0.1) is 21.8 Å². The highest BCUT2D eigenvalue weighted by Gasteiger charge is 2.48. The molecule has 9 heteroatoms. The molecule has 0 bridgehead atoms. The number of ether oxygens (including phenoxy) is 2. The number of carbonyl (C=O) groups is 2. The molecule has 3 heterocycles. The molecule has 1 amide bonds. The van der Waals surface area contributed by atoms with E-state index < -0.39 is 17.7 Å². The monoisotopic (exact) mass is 514 g/mol. The zero-order valence-corrected chi connectivity index (χ0v) is 20.8. The van der Waals surface area contributed by atoms with Crippen molar-refractivity contribution < 1.29 is 29.3 Å². The van der Waals surface area contributed by atoms with Gasteiger partial charge >= 0.3 is 5.91 Å². The van der Waals surface area contributed by atoms with Gasteiger partial charge < -0.3 is 19.7 Å². The maximum Gasteiger partial charge on any atom is 0.301 e. The van der Waals surface area contributed by atoms with Gasteiger partial charge in [0.15, 0.2) is 16.6 Å². The number of benzene rings is 3. The smallest absolute Gasteiger partial charge is 0.301 e. The number of anilines is 1. The van der Waals surface area contributed by atoms with Gasteiger partial charge in [-0.25, -0.2) is 4.98 Å². The third kappa shape index (κ3) is 3.79. The molecule has 1 unspecified atom stereocenters. The van der Waals surface area contributed by atoms with Crippen molar-refractivity contribution in [1.82, 2.24) is 4.98 Å². The highest BCUT2D eigenvalue weighted by atomic mass is 32.1. The number of ketones is 1. The fourth-order valence-electron chi connectivity index (χ4n) is 4.81. The van der Waals surface area contributed by atoms with Gasteiger partial charge in [0, 0.05) is 5.56 Å². The summed E-state index contributed by atoms with van der Waals surface area (Å²) in [7, 11) is 0. The lowest BCUT2D eigenvalue weighted by atomic mass is 9.95. The van der Waals surface area contributed by atoms with E-state index in [4.69, 9.17) is 14.5 Å². The fourth-order valence-corrected chi connectivity index (χ4v) is 5.98. The average Bonchev–Trinajstić information content (AvgIpc) is 3.42. The predicted molar refractivity (Wildman–Crippen MR) is 139 cm³/mol. The number of aromatic nitrogens is 1. The summed E-state index contributed by atoms with van der Waals surface area (Å²) in [4.78, 5) is 33.0. The molecule has 2 N–H and O–H groups in total. The van der Waals surface area contributed by atoms with Crippen LogP contribution in [0.5, 0.6) is 17.2 Å². The van der Waals surface area contributed by atoms with Crippen LogP contribution in [-0.4, -0.2) is 40.1 Å². The van der Waals surface area contributed by atoms with Crippen LogP contribution in [0.15, 0.2) is 60.2 Å². The number of rotatable bonds is 3. The van der Waals surface area contributed by atoms with E-state index in [0.29, 0.717) is 41.0 Å². The van der Waals surface area contributed by atoms with Gasteiger partial charge in [-0.2, -0.15) is 0 Å². The number of carbonyl (C=O) groups excluding carboxylic acids is 2. The van der Waals surface area contributed by atoms with E-state index in [1.807, 2.05) is 26.0 Å². The first-order chi connectivity index (χ1) is 17.8. The van der Waals surface area contributed by atoms with Crippen LogP contribution in [0.3, 0.4) is 0 Å². The Morgan fingerprint density at radius 3 is 2.49 bits per heavy atom. The van der Waals surface area contributed by atoms with E-state index in [1.54, 1.807) is 30.3 Å². The van der Waals surface area contributed by atoms with Gasteiger partial charge in [-0.1, -0.05) is 29.5 Å². The van der Waals surface area contributed by atoms with E-state index >= 15 is 0 Å². The molecule has 1 aromatic heterocycles. The van der Waals surface area contributed by atoms with Crippen LogP contribution in [0.4, 0.5) is 5.13 Å². The number of thiazole rings is 1. The SMILES string of the molecule is Cc1cc(C)c2nc(N3C(=O)C(=O)C(=C(O)c4ccc5c(c4)OCCO5)C3c3ccc(O)cc3)sc2c1. The lowest BCUT2D eigenvalue weighted by Gasteiger charge is -2.23. The zero-order chi connectivity index (χ0) is 25.8. The number of phenols is 1. The van der Waals surface area contributed by atoms with Crippen LogP contribution >= 0.6 is 11.3 Å². The Labute approximate surface area is 216 Å². The van der Waals surface area contributed by atoms with Crippen molar-refractivity contribution >= 4 is 44.1 Å². The Hall–Kier alpha value is -4.37. The molecule has 1 fully saturated rings. The standard InChI is InChI=1S/C28H22N2O6S/c1-14-11-15(2)23-21(12-14)37-28(29-23)30-24(16-3-6-18(31)7-4-16)22(26(33)27(30)34)25(32)17-5-8-19-20(13-17)36-10-9-35-19/h3-8,11-13,24,31-32H,9-10H2,1-2H3. The lowest BCUT2D eigenvalue weighted by Crippen LogP contribution is -2.29. The highest BCUT2D eigenvalue weighted by Crippen LogP contribution is 2.45. The molecule has 37 heavy (non-hydrogen) atoms. The van der Waals surface area contributed by atoms with Gasteiger partial charge in [-0.3, -0.25) is 14.5 Å². The minimum Gasteiger partial charge on any atom is -0.508 e. The Morgan fingerprint density at radius 2 is 1.73 bits per heavy atom. The van der Waals surface area contributed by atoms with E-state index in [2.05, 4.69) is 0 Å². The minimum atomic E-state index is -0.948. The molecule has 2 aliphatic rings. The normalized spacial score (nSPS) is 18.5. The number of aryl methyl sites for hydroxylation is 2. The maximum atomic E-state index is 13.5. The van der Waals surface area contributed by atoms with Crippen LogP contribution in [0.2, 0.25) is 0 Å². The fraction of sp³-hybridized carbons (Fsp3) is 0.179. The second kappa shape index (κ2) is 8.63. The quantitative estimate of drug-likeness (QED) is 0.225. The van der Waals surface area contributed by atoms with Gasteiger partial charge in [-0.05, 0) is 66.9 Å². The Balaban J connectivity index is 1.55. The Morgan fingerprint density at radius 1 is 1.00 bits per heavy atom. The summed E-state index contributed by atoms with van der Waals surface area (Å²) in [5, 5.41) is 21.6. The van der Waals surface area contributed by atoms with Gasteiger partial charge in [0.1, 0.15) is 24.7 Å².